The molecule has 3 rings (SSSR count). The van der Waals surface area contributed by atoms with Gasteiger partial charge in [-0.1, -0.05) is 18.0 Å². The Morgan fingerprint density at radius 2 is 2.00 bits per heavy atom. The molecule has 0 aromatic heterocycles. The zero-order chi connectivity index (χ0) is 19.6. The summed E-state index contributed by atoms with van der Waals surface area (Å²) in [6.45, 7) is 1.64. The predicted octanol–water partition coefficient (Wildman–Crippen LogP) is 3.77. The number of aromatic hydroxyl groups is 1. The first-order valence-electron chi connectivity index (χ1n) is 9.03. The van der Waals surface area contributed by atoms with Gasteiger partial charge in [0.25, 0.3) is 0 Å². The highest BCUT2D eigenvalue weighted by Gasteiger charge is 2.39. The number of urea groups is 1. The van der Waals surface area contributed by atoms with Gasteiger partial charge in [0, 0.05) is 5.71 Å². The van der Waals surface area contributed by atoms with Crippen LogP contribution in [0.1, 0.15) is 50.6 Å². The lowest BCUT2D eigenvalue weighted by molar-refractivity contribution is -0.154. The van der Waals surface area contributed by atoms with Gasteiger partial charge in [0.05, 0.1) is 18.2 Å². The second kappa shape index (κ2) is 8.17. The summed E-state index contributed by atoms with van der Waals surface area (Å²) in [4.78, 5) is 28.8. The number of methoxy groups -OCH3 is 1. The zero-order valence-electron chi connectivity index (χ0n) is 15.3. The van der Waals surface area contributed by atoms with Crippen LogP contribution in [-0.2, 0) is 9.53 Å². The molecule has 1 heterocycles. The molecule has 1 aromatic rings. The number of hydrogen-bond donors (Lipinski definition) is 2. The van der Waals surface area contributed by atoms with Gasteiger partial charge in [0.1, 0.15) is 12.0 Å². The van der Waals surface area contributed by atoms with Crippen LogP contribution in [0, 0.1) is 5.92 Å². The van der Waals surface area contributed by atoms with Gasteiger partial charge in [-0.2, -0.15) is 0 Å². The van der Waals surface area contributed by atoms with Gasteiger partial charge >= 0.3 is 12.0 Å². The number of phenols is 1. The van der Waals surface area contributed by atoms with Crippen LogP contribution in [0.3, 0.4) is 0 Å². The monoisotopic (exact) mass is 394 g/mol. The third-order valence-electron chi connectivity index (χ3n) is 5.06. The van der Waals surface area contributed by atoms with Crippen molar-refractivity contribution < 1.29 is 24.2 Å². The zero-order valence-corrected chi connectivity index (χ0v) is 16.1. The first-order valence-corrected chi connectivity index (χ1v) is 9.41. The topological polar surface area (TPSA) is 97.2 Å². The molecule has 1 aliphatic carbocycles. The Morgan fingerprint density at radius 3 is 2.67 bits per heavy atom. The Labute approximate surface area is 162 Å². The first kappa shape index (κ1) is 19.5. The summed E-state index contributed by atoms with van der Waals surface area (Å²) >= 11 is 6.08. The third kappa shape index (κ3) is 4.18. The molecule has 0 bridgehead atoms. The van der Waals surface area contributed by atoms with Gasteiger partial charge in [-0.05, 0) is 50.3 Å². The highest BCUT2D eigenvalue weighted by atomic mass is 35.5. The van der Waals surface area contributed by atoms with Crippen molar-refractivity contribution in [3.8, 4) is 11.5 Å². The van der Waals surface area contributed by atoms with E-state index in [0.29, 0.717) is 11.3 Å². The molecule has 0 saturated heterocycles. The average Bonchev–Trinajstić information content (AvgIpc) is 2.63. The van der Waals surface area contributed by atoms with Crippen molar-refractivity contribution in [2.75, 3.05) is 7.11 Å². The molecule has 2 atom stereocenters. The maximum absolute atomic E-state index is 12.9. The smallest absolute Gasteiger partial charge is 0.341 e. The lowest BCUT2D eigenvalue weighted by Gasteiger charge is -2.32. The van der Waals surface area contributed by atoms with Crippen LogP contribution in [0.2, 0.25) is 5.02 Å². The van der Waals surface area contributed by atoms with Gasteiger partial charge in [-0.3, -0.25) is 4.79 Å². The van der Waals surface area contributed by atoms with E-state index in [2.05, 4.69) is 10.3 Å². The summed E-state index contributed by atoms with van der Waals surface area (Å²) < 4.78 is 10.8. The molecular weight excluding hydrogens is 372 g/mol. The van der Waals surface area contributed by atoms with Crippen molar-refractivity contribution in [2.24, 2.45) is 10.9 Å². The quantitative estimate of drug-likeness (QED) is 0.757. The number of benzene rings is 1. The van der Waals surface area contributed by atoms with E-state index in [1.807, 2.05) is 0 Å². The minimum Gasteiger partial charge on any atom is -0.503 e. The lowest BCUT2D eigenvalue weighted by atomic mass is 9.88. The van der Waals surface area contributed by atoms with Gasteiger partial charge in [-0.15, -0.1) is 0 Å². The Hall–Kier alpha value is -2.28. The molecule has 0 radical (unpaired) electrons. The summed E-state index contributed by atoms with van der Waals surface area (Å²) in [6, 6.07) is 1.80. The minimum absolute atomic E-state index is 0.0677. The third-order valence-corrected chi connectivity index (χ3v) is 5.35. The molecule has 2 amide bonds. The number of nitrogens with zero attached hydrogens (tertiary/aromatic N) is 1. The van der Waals surface area contributed by atoms with Crippen LogP contribution in [0.25, 0.3) is 0 Å². The molecule has 1 aromatic carbocycles. The lowest BCUT2D eigenvalue weighted by Crippen LogP contribution is -2.45. The van der Waals surface area contributed by atoms with E-state index in [4.69, 9.17) is 21.1 Å². The number of rotatable bonds is 4. The molecule has 1 aliphatic heterocycles. The van der Waals surface area contributed by atoms with Crippen molar-refractivity contribution in [1.82, 2.24) is 5.32 Å². The number of carbonyl (C=O) groups excluding carboxylic acids is 2. The van der Waals surface area contributed by atoms with Crippen molar-refractivity contribution in [3.05, 3.63) is 22.7 Å². The number of carbonyl (C=O) groups is 2. The fraction of sp³-hybridized carbons (Fsp3) is 0.526. The Morgan fingerprint density at radius 1 is 1.30 bits per heavy atom. The molecule has 146 valence electrons. The van der Waals surface area contributed by atoms with Crippen LogP contribution >= 0.6 is 11.6 Å². The summed E-state index contributed by atoms with van der Waals surface area (Å²) in [6.07, 6.45) is 4.84. The van der Waals surface area contributed by atoms with E-state index in [-0.39, 0.29) is 22.6 Å². The van der Waals surface area contributed by atoms with Crippen LogP contribution in [0.15, 0.2) is 17.1 Å². The standard InChI is InChI=1S/C19H23ClN2O5/c1-10-15(18(24)27-12-6-4-3-5-7-12)16(22-19(25)21-10)11-8-13(20)17(23)14(9-11)26-2/h8-9,12,15-16,23H,3-7H2,1-2H3,(H,22,25). The van der Waals surface area contributed by atoms with Gasteiger partial charge in [0.15, 0.2) is 11.5 Å². The van der Waals surface area contributed by atoms with Gasteiger partial charge < -0.3 is 19.9 Å². The van der Waals surface area contributed by atoms with E-state index >= 15 is 0 Å². The Kier molecular flexibility index (Phi) is 5.89. The molecule has 1 fully saturated rings. The van der Waals surface area contributed by atoms with E-state index in [1.165, 1.54) is 13.2 Å². The fourth-order valence-corrected chi connectivity index (χ4v) is 3.87. The van der Waals surface area contributed by atoms with Crippen molar-refractivity contribution >= 4 is 29.3 Å². The number of esters is 1. The number of halogens is 1. The van der Waals surface area contributed by atoms with E-state index in [1.54, 1.807) is 13.0 Å². The number of hydrogen-bond acceptors (Lipinski definition) is 5. The molecule has 8 heteroatoms. The van der Waals surface area contributed by atoms with E-state index in [9.17, 15) is 14.7 Å². The molecule has 7 nitrogen and oxygen atoms in total. The molecular formula is C19H23ClN2O5. The molecule has 27 heavy (non-hydrogen) atoms. The van der Waals surface area contributed by atoms with Gasteiger partial charge in [0.2, 0.25) is 0 Å². The number of ether oxygens (including phenoxy) is 2. The van der Waals surface area contributed by atoms with Crippen LogP contribution < -0.4 is 10.1 Å². The van der Waals surface area contributed by atoms with Crippen molar-refractivity contribution in [1.29, 1.82) is 0 Å². The summed E-state index contributed by atoms with van der Waals surface area (Å²) in [7, 11) is 1.40. The van der Waals surface area contributed by atoms with Gasteiger partial charge in [-0.25, -0.2) is 9.79 Å². The first-order chi connectivity index (χ1) is 12.9. The minimum atomic E-state index is -0.769. The number of nitrogens with one attached hydrogen (secondary N) is 1. The highest BCUT2D eigenvalue weighted by Crippen LogP contribution is 2.39. The normalized spacial score (nSPS) is 23.4. The molecule has 1 saturated carbocycles. The molecule has 2 unspecified atom stereocenters. The summed E-state index contributed by atoms with van der Waals surface area (Å²) in [5.41, 5.74) is 0.913. The maximum Gasteiger partial charge on any atom is 0.341 e. The van der Waals surface area contributed by atoms with E-state index in [0.717, 1.165) is 32.1 Å². The predicted molar refractivity (Wildman–Crippen MR) is 101 cm³/mol. The number of aliphatic imine (C=N–C) groups is 1. The molecule has 2 aliphatic rings. The SMILES string of the molecule is COc1cc(C2NC(=O)N=C(C)C2C(=O)OC2CCCCC2)cc(Cl)c1O. The summed E-state index contributed by atoms with van der Waals surface area (Å²) in [5.74, 6) is -1.23. The summed E-state index contributed by atoms with van der Waals surface area (Å²) in [5, 5.41) is 12.7. The molecule has 0 spiro atoms. The Balaban J connectivity index is 1.91. The largest absolute Gasteiger partial charge is 0.503 e. The highest BCUT2D eigenvalue weighted by molar-refractivity contribution is 6.32. The second-order valence-corrected chi connectivity index (χ2v) is 7.32. The Bertz CT molecular complexity index is 774. The number of amides is 2. The maximum atomic E-state index is 12.9. The average molecular weight is 395 g/mol. The van der Waals surface area contributed by atoms with Crippen molar-refractivity contribution in [3.63, 3.8) is 0 Å². The molecule has 2 N–H and O–H groups in total. The van der Waals surface area contributed by atoms with Crippen LogP contribution in [-0.4, -0.2) is 36.0 Å². The van der Waals surface area contributed by atoms with E-state index < -0.39 is 24.0 Å². The van der Waals surface area contributed by atoms with Crippen molar-refractivity contribution in [2.45, 2.75) is 51.2 Å². The van der Waals surface area contributed by atoms with Crippen LogP contribution in [0.5, 0.6) is 11.5 Å². The second-order valence-electron chi connectivity index (χ2n) is 6.91. The number of phenolic OH excluding ortho intramolecular Hbond substituents is 1. The fourth-order valence-electron chi connectivity index (χ4n) is 3.65. The van der Waals surface area contributed by atoms with Crippen LogP contribution in [0.4, 0.5) is 4.79 Å².